The van der Waals surface area contributed by atoms with Gasteiger partial charge in [-0.2, -0.15) is 0 Å². The van der Waals surface area contributed by atoms with E-state index in [0.29, 0.717) is 29.4 Å². The third-order valence-electron chi connectivity index (χ3n) is 3.36. The van der Waals surface area contributed by atoms with Gasteiger partial charge in [0.1, 0.15) is 5.75 Å². The van der Waals surface area contributed by atoms with Gasteiger partial charge in [-0.3, -0.25) is 15.1 Å². The lowest BCUT2D eigenvalue weighted by atomic mass is 10.1. The van der Waals surface area contributed by atoms with Crippen molar-refractivity contribution in [3.8, 4) is 5.75 Å². The Bertz CT molecular complexity index is 763. The first-order valence-corrected chi connectivity index (χ1v) is 7.82. The van der Waals surface area contributed by atoms with Crippen LogP contribution in [0.5, 0.6) is 5.75 Å². The lowest BCUT2D eigenvalue weighted by Gasteiger charge is -2.07. The highest BCUT2D eigenvalue weighted by molar-refractivity contribution is 6.33. The van der Waals surface area contributed by atoms with Crippen LogP contribution in [0.4, 0.5) is 11.4 Å². The fourth-order valence-electron chi connectivity index (χ4n) is 2.09. The molecule has 24 heavy (non-hydrogen) atoms. The van der Waals surface area contributed by atoms with Gasteiger partial charge in [0.05, 0.1) is 15.6 Å². The van der Waals surface area contributed by atoms with Crippen molar-refractivity contribution in [2.75, 3.05) is 18.4 Å². The minimum atomic E-state index is -0.481. The zero-order valence-corrected chi connectivity index (χ0v) is 14.0. The number of benzene rings is 2. The number of nitrogens with one attached hydrogen (secondary N) is 1. The Morgan fingerprint density at radius 2 is 2.12 bits per heavy atom. The van der Waals surface area contributed by atoms with Crippen molar-refractivity contribution in [1.29, 1.82) is 0 Å². The molecule has 6 nitrogen and oxygen atoms in total. The van der Waals surface area contributed by atoms with Crippen LogP contribution < -0.4 is 5.32 Å². The van der Waals surface area contributed by atoms with Crippen molar-refractivity contribution in [3.63, 3.8) is 0 Å². The van der Waals surface area contributed by atoms with Crippen LogP contribution in [0.25, 0.3) is 0 Å². The highest BCUT2D eigenvalue weighted by Crippen LogP contribution is 2.26. The largest absolute Gasteiger partial charge is 0.507 e. The summed E-state index contributed by atoms with van der Waals surface area (Å²) in [6, 6.07) is 9.68. The summed E-state index contributed by atoms with van der Waals surface area (Å²) in [5.74, 6) is 0.208. The number of hydrogen-bond acceptors (Lipinski definition) is 5. The number of aryl methyl sites for hydroxylation is 1. The van der Waals surface area contributed by atoms with Crippen LogP contribution in [-0.4, -0.2) is 29.3 Å². The Kier molecular flexibility index (Phi) is 6.14. The van der Waals surface area contributed by atoms with E-state index in [1.165, 1.54) is 12.1 Å². The normalized spacial score (nSPS) is 10.9. The molecule has 0 aromatic heterocycles. The molecule has 0 radical (unpaired) electrons. The zero-order valence-electron chi connectivity index (χ0n) is 13.2. The third-order valence-corrected chi connectivity index (χ3v) is 3.67. The Balaban J connectivity index is 1.80. The number of hydrogen-bond donors (Lipinski definition) is 2. The molecule has 0 saturated carbocycles. The Morgan fingerprint density at radius 3 is 2.83 bits per heavy atom. The molecule has 0 heterocycles. The van der Waals surface area contributed by atoms with E-state index >= 15 is 0 Å². The summed E-state index contributed by atoms with van der Waals surface area (Å²) in [6.45, 7) is 3.17. The molecule has 2 rings (SSSR count). The van der Waals surface area contributed by atoms with Crippen molar-refractivity contribution < 1.29 is 10.0 Å². The number of phenols is 1. The van der Waals surface area contributed by atoms with E-state index in [-0.39, 0.29) is 11.4 Å². The number of phenolic OH excluding ortho intramolecular Hbond substituents is 1. The smallest absolute Gasteiger partial charge is 0.271 e. The molecule has 0 fully saturated rings. The summed E-state index contributed by atoms with van der Waals surface area (Å²) < 4.78 is 0. The first-order chi connectivity index (χ1) is 11.5. The number of nitro benzene ring substituents is 1. The fraction of sp³-hybridized carbons (Fsp3) is 0.235. The van der Waals surface area contributed by atoms with Gasteiger partial charge in [0, 0.05) is 37.0 Å². The van der Waals surface area contributed by atoms with Gasteiger partial charge in [-0.25, -0.2) is 0 Å². The van der Waals surface area contributed by atoms with Gasteiger partial charge < -0.3 is 10.4 Å². The molecule has 2 aromatic rings. The molecule has 0 aliphatic rings. The minimum Gasteiger partial charge on any atom is -0.507 e. The Labute approximate surface area is 145 Å². The average molecular weight is 348 g/mol. The summed E-state index contributed by atoms with van der Waals surface area (Å²) >= 11 is 6.00. The number of nitro groups is 1. The van der Waals surface area contributed by atoms with Gasteiger partial charge in [-0.05, 0) is 31.5 Å². The zero-order chi connectivity index (χ0) is 17.5. The molecule has 2 aromatic carbocycles. The summed E-state index contributed by atoms with van der Waals surface area (Å²) in [5, 5.41) is 23.8. The Morgan fingerprint density at radius 1 is 1.33 bits per heavy atom. The molecule has 0 atom stereocenters. The van der Waals surface area contributed by atoms with Gasteiger partial charge in [0.15, 0.2) is 0 Å². The number of nitrogens with zero attached hydrogens (tertiary/aromatic N) is 2. The van der Waals surface area contributed by atoms with Crippen LogP contribution in [0.3, 0.4) is 0 Å². The predicted octanol–water partition coefficient (Wildman–Crippen LogP) is 4.18. The first-order valence-electron chi connectivity index (χ1n) is 7.44. The molecule has 0 saturated heterocycles. The van der Waals surface area contributed by atoms with Crippen LogP contribution >= 0.6 is 11.6 Å². The number of halogens is 1. The molecule has 0 unspecified atom stereocenters. The van der Waals surface area contributed by atoms with E-state index in [0.717, 1.165) is 12.0 Å². The summed E-state index contributed by atoms with van der Waals surface area (Å²) in [4.78, 5) is 14.5. The van der Waals surface area contributed by atoms with E-state index in [4.69, 9.17) is 11.6 Å². The number of aliphatic imine (C=N–C) groups is 1. The predicted molar refractivity (Wildman–Crippen MR) is 96.5 cm³/mol. The van der Waals surface area contributed by atoms with Crippen LogP contribution in [0.1, 0.15) is 17.5 Å². The maximum atomic E-state index is 10.7. The molecule has 7 heteroatoms. The second-order valence-electron chi connectivity index (χ2n) is 5.30. The van der Waals surface area contributed by atoms with Gasteiger partial charge in [-0.1, -0.05) is 23.2 Å². The molecule has 0 spiro atoms. The maximum absolute atomic E-state index is 10.7. The Hall–Kier alpha value is -2.60. The molecule has 126 valence electrons. The summed E-state index contributed by atoms with van der Waals surface area (Å²) in [5.41, 5.74) is 2.38. The number of non-ortho nitro benzene ring substituents is 1. The first kappa shape index (κ1) is 17.7. The second kappa shape index (κ2) is 8.31. The molecule has 0 amide bonds. The maximum Gasteiger partial charge on any atom is 0.271 e. The van der Waals surface area contributed by atoms with Crippen LogP contribution in [0.2, 0.25) is 5.02 Å². The van der Waals surface area contributed by atoms with Gasteiger partial charge >= 0.3 is 0 Å². The quantitative estimate of drug-likeness (QED) is 0.340. The topological polar surface area (TPSA) is 87.8 Å². The number of anilines is 1. The lowest BCUT2D eigenvalue weighted by molar-refractivity contribution is -0.384. The van der Waals surface area contributed by atoms with Crippen molar-refractivity contribution >= 4 is 29.2 Å². The van der Waals surface area contributed by atoms with Crippen molar-refractivity contribution in [3.05, 3.63) is 62.7 Å². The van der Waals surface area contributed by atoms with E-state index in [1.54, 1.807) is 18.3 Å². The summed E-state index contributed by atoms with van der Waals surface area (Å²) in [6.07, 6.45) is 2.41. The highest BCUT2D eigenvalue weighted by atomic mass is 35.5. The minimum absolute atomic E-state index is 0.0342. The van der Waals surface area contributed by atoms with Gasteiger partial charge in [0.2, 0.25) is 0 Å². The van der Waals surface area contributed by atoms with Crippen LogP contribution in [0, 0.1) is 17.0 Å². The molecule has 0 bridgehead atoms. The van der Waals surface area contributed by atoms with Crippen LogP contribution in [-0.2, 0) is 0 Å². The van der Waals surface area contributed by atoms with Crippen molar-refractivity contribution in [2.24, 2.45) is 4.99 Å². The SMILES string of the molecule is Cc1ccc(O)c(C=NCCCNc2ccc([N+](=O)[O-])cc2Cl)c1. The average Bonchev–Trinajstić information content (AvgIpc) is 2.54. The fourth-order valence-corrected chi connectivity index (χ4v) is 2.34. The van der Waals surface area contributed by atoms with Crippen LogP contribution in [0.15, 0.2) is 41.4 Å². The number of rotatable bonds is 7. The molecule has 2 N–H and O–H groups in total. The monoisotopic (exact) mass is 347 g/mol. The summed E-state index contributed by atoms with van der Waals surface area (Å²) in [7, 11) is 0. The molecule has 0 aliphatic heterocycles. The number of aromatic hydroxyl groups is 1. The van der Waals surface area contributed by atoms with E-state index in [2.05, 4.69) is 10.3 Å². The van der Waals surface area contributed by atoms with Gasteiger partial charge in [-0.15, -0.1) is 0 Å². The third kappa shape index (κ3) is 4.96. The lowest BCUT2D eigenvalue weighted by Crippen LogP contribution is -2.04. The standard InChI is InChI=1S/C17H18ClN3O3/c1-12-3-6-17(22)13(9-12)11-19-7-2-8-20-16-5-4-14(21(23)24)10-15(16)18/h3-6,9-11,20,22H,2,7-8H2,1H3. The van der Waals surface area contributed by atoms with Crippen molar-refractivity contribution in [2.45, 2.75) is 13.3 Å². The van der Waals surface area contributed by atoms with Crippen molar-refractivity contribution in [1.82, 2.24) is 0 Å². The highest BCUT2D eigenvalue weighted by Gasteiger charge is 2.08. The van der Waals surface area contributed by atoms with Gasteiger partial charge in [0.25, 0.3) is 5.69 Å². The van der Waals surface area contributed by atoms with E-state index in [1.807, 2.05) is 19.1 Å². The molecular weight excluding hydrogens is 330 g/mol. The second-order valence-corrected chi connectivity index (χ2v) is 5.71. The molecule has 0 aliphatic carbocycles. The van der Waals surface area contributed by atoms with E-state index < -0.39 is 4.92 Å². The molecular formula is C17H18ClN3O3. The van der Waals surface area contributed by atoms with E-state index in [9.17, 15) is 15.2 Å².